The van der Waals surface area contributed by atoms with Crippen LogP contribution in [0.1, 0.15) is 12.8 Å². The van der Waals surface area contributed by atoms with E-state index in [9.17, 15) is 0 Å². The van der Waals surface area contributed by atoms with Gasteiger partial charge in [-0.1, -0.05) is 0 Å². The number of likely N-dealkylation sites (tertiary alicyclic amines) is 1. The number of halogens is 1. The number of ether oxygens (including phenoxy) is 1. The molecule has 5 aromatic rings. The van der Waals surface area contributed by atoms with Crippen molar-refractivity contribution >= 4 is 44.7 Å². The van der Waals surface area contributed by atoms with E-state index in [1.165, 1.54) is 25.9 Å². The van der Waals surface area contributed by atoms with E-state index in [0.29, 0.717) is 12.3 Å². The number of nitrogens with zero attached hydrogens (tertiary/aromatic N) is 4. The fraction of sp³-hybridized carbons (Fsp3) is 0.240. The molecule has 8 heteroatoms. The van der Waals surface area contributed by atoms with Crippen molar-refractivity contribution in [2.24, 2.45) is 0 Å². The number of benzene rings is 1. The van der Waals surface area contributed by atoms with Crippen molar-refractivity contribution in [1.82, 2.24) is 30.0 Å². The summed E-state index contributed by atoms with van der Waals surface area (Å²) in [6.07, 6.45) is 6.27. The molecule has 0 saturated carbocycles. The number of rotatable bonds is 6. The van der Waals surface area contributed by atoms with Crippen LogP contribution >= 0.6 is 22.6 Å². The predicted octanol–water partition coefficient (Wildman–Crippen LogP) is 5.25. The molecule has 0 unspecified atom stereocenters. The maximum absolute atomic E-state index is 6.11. The molecule has 0 atom stereocenters. The Morgan fingerprint density at radius 1 is 1.03 bits per heavy atom. The molecule has 5 heterocycles. The van der Waals surface area contributed by atoms with Gasteiger partial charge in [0, 0.05) is 33.5 Å². The first kappa shape index (κ1) is 20.6. The van der Waals surface area contributed by atoms with Gasteiger partial charge in [0.15, 0.2) is 5.65 Å². The number of nitrogens with one attached hydrogen (secondary N) is 2. The van der Waals surface area contributed by atoms with Crippen LogP contribution in [0.2, 0.25) is 0 Å². The minimum atomic E-state index is 0.688. The molecule has 1 aromatic carbocycles. The SMILES string of the molecule is Ic1cc(OCCN2CCCC2)cc(-c2cnc3n[nH]c(-c4cc5ncccc5[nH]4)c3c2)c1. The van der Waals surface area contributed by atoms with Gasteiger partial charge in [-0.2, -0.15) is 5.10 Å². The van der Waals surface area contributed by atoms with E-state index in [2.05, 4.69) is 76.9 Å². The first-order valence-electron chi connectivity index (χ1n) is 11.2. The molecule has 0 amide bonds. The first-order valence-corrected chi connectivity index (χ1v) is 12.3. The van der Waals surface area contributed by atoms with Crippen LogP contribution in [0.3, 0.4) is 0 Å². The highest BCUT2D eigenvalue weighted by Gasteiger charge is 2.14. The summed E-state index contributed by atoms with van der Waals surface area (Å²) in [4.78, 5) is 14.9. The van der Waals surface area contributed by atoms with Gasteiger partial charge in [0.05, 0.1) is 22.4 Å². The number of hydrogen-bond donors (Lipinski definition) is 2. The van der Waals surface area contributed by atoms with Gasteiger partial charge in [-0.05, 0) is 96.6 Å². The minimum absolute atomic E-state index is 0.688. The molecule has 7 nitrogen and oxygen atoms in total. The number of fused-ring (bicyclic) bond motifs is 2. The molecule has 1 aliphatic heterocycles. The third kappa shape index (κ3) is 4.20. The molecule has 166 valence electrons. The zero-order valence-corrected chi connectivity index (χ0v) is 20.2. The number of pyridine rings is 2. The second-order valence-electron chi connectivity index (χ2n) is 8.39. The van der Waals surface area contributed by atoms with Crippen LogP contribution in [0.25, 0.3) is 44.6 Å². The standard InChI is InChI=1S/C25H23IN6O/c26-18-10-16(11-19(13-18)33-9-8-32-6-1-2-7-32)17-12-20-24(30-31-25(20)28-15-17)23-14-22-21(29-23)4-3-5-27-22/h3-5,10-15,29H,1-2,6-9H2,(H,28,30,31). The second-order valence-corrected chi connectivity index (χ2v) is 9.63. The van der Waals surface area contributed by atoms with E-state index in [1.54, 1.807) is 6.20 Å². The maximum Gasteiger partial charge on any atom is 0.181 e. The van der Waals surface area contributed by atoms with Gasteiger partial charge in [-0.15, -0.1) is 0 Å². The molecular formula is C25H23IN6O. The Hall–Kier alpha value is -2.98. The summed E-state index contributed by atoms with van der Waals surface area (Å²) in [6.45, 7) is 4.06. The van der Waals surface area contributed by atoms with Crippen molar-refractivity contribution < 1.29 is 4.74 Å². The van der Waals surface area contributed by atoms with Crippen LogP contribution in [0, 0.1) is 3.57 Å². The van der Waals surface area contributed by atoms with Gasteiger partial charge in [-0.25, -0.2) is 4.98 Å². The normalized spacial score (nSPS) is 14.5. The molecule has 6 rings (SSSR count). The molecule has 0 radical (unpaired) electrons. The summed E-state index contributed by atoms with van der Waals surface area (Å²) >= 11 is 2.35. The van der Waals surface area contributed by atoms with Crippen molar-refractivity contribution in [1.29, 1.82) is 0 Å². The van der Waals surface area contributed by atoms with Crippen LogP contribution in [0.15, 0.2) is 54.9 Å². The topological polar surface area (TPSA) is 82.7 Å². The smallest absolute Gasteiger partial charge is 0.181 e. The van der Waals surface area contributed by atoms with E-state index < -0.39 is 0 Å². The fourth-order valence-corrected chi connectivity index (χ4v) is 5.11. The summed E-state index contributed by atoms with van der Waals surface area (Å²) in [7, 11) is 0. The van der Waals surface area contributed by atoms with Crippen molar-refractivity contribution in [3.63, 3.8) is 0 Å². The van der Waals surface area contributed by atoms with Crippen LogP contribution < -0.4 is 4.74 Å². The first-order chi connectivity index (χ1) is 16.2. The average Bonchev–Trinajstić information content (AvgIpc) is 3.57. The zero-order valence-electron chi connectivity index (χ0n) is 18.0. The van der Waals surface area contributed by atoms with Gasteiger partial charge in [0.25, 0.3) is 0 Å². The Morgan fingerprint density at radius 3 is 2.82 bits per heavy atom. The summed E-state index contributed by atoms with van der Waals surface area (Å²) in [6, 6.07) is 14.5. The van der Waals surface area contributed by atoms with Gasteiger partial charge < -0.3 is 9.72 Å². The number of aromatic nitrogens is 5. The number of H-pyrrole nitrogens is 2. The highest BCUT2D eigenvalue weighted by molar-refractivity contribution is 14.1. The third-order valence-corrected chi connectivity index (χ3v) is 6.77. The van der Waals surface area contributed by atoms with Gasteiger partial charge in [0.2, 0.25) is 0 Å². The van der Waals surface area contributed by atoms with Crippen LogP contribution in [-0.4, -0.2) is 56.3 Å². The third-order valence-electron chi connectivity index (χ3n) is 6.15. The summed E-state index contributed by atoms with van der Waals surface area (Å²) in [5.74, 6) is 0.894. The van der Waals surface area contributed by atoms with Crippen LogP contribution in [0.5, 0.6) is 5.75 Å². The summed E-state index contributed by atoms with van der Waals surface area (Å²) in [5, 5.41) is 8.52. The van der Waals surface area contributed by atoms with Crippen LogP contribution in [0.4, 0.5) is 0 Å². The molecule has 1 saturated heterocycles. The molecule has 4 aromatic heterocycles. The number of hydrogen-bond acceptors (Lipinski definition) is 5. The molecule has 2 N–H and O–H groups in total. The van der Waals surface area contributed by atoms with Crippen molar-refractivity contribution in [3.05, 3.63) is 58.4 Å². The van der Waals surface area contributed by atoms with E-state index in [0.717, 1.165) is 54.8 Å². The Kier molecular flexibility index (Phi) is 5.47. The van der Waals surface area contributed by atoms with Gasteiger partial charge in [0.1, 0.15) is 12.4 Å². The highest BCUT2D eigenvalue weighted by Crippen LogP contribution is 2.32. The average molecular weight is 550 g/mol. The predicted molar refractivity (Wildman–Crippen MR) is 138 cm³/mol. The van der Waals surface area contributed by atoms with Crippen LogP contribution in [-0.2, 0) is 0 Å². The lowest BCUT2D eigenvalue weighted by Gasteiger charge is -2.15. The van der Waals surface area contributed by atoms with Crippen molar-refractivity contribution in [2.45, 2.75) is 12.8 Å². The molecule has 33 heavy (non-hydrogen) atoms. The van der Waals surface area contributed by atoms with E-state index in [-0.39, 0.29) is 0 Å². The Balaban J connectivity index is 1.31. The van der Waals surface area contributed by atoms with E-state index in [1.807, 2.05) is 24.4 Å². The van der Waals surface area contributed by atoms with E-state index >= 15 is 0 Å². The van der Waals surface area contributed by atoms with Crippen molar-refractivity contribution in [3.8, 4) is 28.3 Å². The van der Waals surface area contributed by atoms with Crippen molar-refractivity contribution in [2.75, 3.05) is 26.2 Å². The summed E-state index contributed by atoms with van der Waals surface area (Å²) in [5.41, 5.74) is 6.57. The molecule has 0 aliphatic carbocycles. The molecule has 0 bridgehead atoms. The molecule has 1 aliphatic rings. The lowest BCUT2D eigenvalue weighted by molar-refractivity contribution is 0.238. The second kappa shape index (κ2) is 8.75. The maximum atomic E-state index is 6.11. The number of aromatic amines is 2. The molecule has 0 spiro atoms. The Labute approximate surface area is 204 Å². The highest BCUT2D eigenvalue weighted by atomic mass is 127. The van der Waals surface area contributed by atoms with E-state index in [4.69, 9.17) is 4.74 Å². The minimum Gasteiger partial charge on any atom is -0.492 e. The van der Waals surface area contributed by atoms with Gasteiger partial charge in [-0.3, -0.25) is 15.0 Å². The lowest BCUT2D eigenvalue weighted by atomic mass is 10.1. The Morgan fingerprint density at radius 2 is 1.94 bits per heavy atom. The largest absolute Gasteiger partial charge is 0.492 e. The molecular weight excluding hydrogens is 527 g/mol. The quantitative estimate of drug-likeness (QED) is 0.283. The summed E-state index contributed by atoms with van der Waals surface area (Å²) < 4.78 is 7.25. The zero-order chi connectivity index (χ0) is 22.2. The Bertz CT molecular complexity index is 1400. The monoisotopic (exact) mass is 550 g/mol. The lowest BCUT2D eigenvalue weighted by Crippen LogP contribution is -2.25. The fourth-order valence-electron chi connectivity index (χ4n) is 4.47. The molecule has 1 fully saturated rings. The van der Waals surface area contributed by atoms with Gasteiger partial charge >= 0.3 is 0 Å².